The number of nitrogens with one attached hydrogen (secondary N) is 1. The number of rotatable bonds is 6. The number of methoxy groups -OCH3 is 2. The summed E-state index contributed by atoms with van der Waals surface area (Å²) in [4.78, 5) is 23.2. The van der Waals surface area contributed by atoms with Gasteiger partial charge < -0.3 is 9.47 Å². The van der Waals surface area contributed by atoms with Crippen molar-refractivity contribution in [3.05, 3.63) is 0 Å². The summed E-state index contributed by atoms with van der Waals surface area (Å²) in [7, 11) is 2.71. The molecule has 2 atom stereocenters. The van der Waals surface area contributed by atoms with Gasteiger partial charge in [0.15, 0.2) is 0 Å². The highest BCUT2D eigenvalue weighted by atomic mass is 16.5. The smallest absolute Gasteiger partial charge is 0.323 e. The minimum atomic E-state index is -0.468. The maximum atomic E-state index is 11.6. The number of carbonyl (C=O) groups is 2. The molecule has 1 N–H and O–H groups in total. The van der Waals surface area contributed by atoms with Gasteiger partial charge in [-0.2, -0.15) is 0 Å². The molecule has 1 rings (SSSR count). The van der Waals surface area contributed by atoms with Crippen LogP contribution in [0.3, 0.4) is 0 Å². The van der Waals surface area contributed by atoms with E-state index in [9.17, 15) is 9.59 Å². The molecule has 1 fully saturated rings. The predicted octanol–water partition coefficient (Wildman–Crippen LogP) is 0.725. The van der Waals surface area contributed by atoms with Crippen molar-refractivity contribution in [3.63, 3.8) is 0 Å². The normalized spacial score (nSPS) is 18.6. The van der Waals surface area contributed by atoms with Crippen molar-refractivity contribution in [2.45, 2.75) is 38.8 Å². The predicted molar refractivity (Wildman–Crippen MR) is 62.3 cm³/mol. The van der Waals surface area contributed by atoms with E-state index in [4.69, 9.17) is 9.47 Å². The Morgan fingerprint density at radius 1 is 1.12 bits per heavy atom. The van der Waals surface area contributed by atoms with Crippen LogP contribution in [0.5, 0.6) is 0 Å². The topological polar surface area (TPSA) is 64.6 Å². The molecule has 98 valence electrons. The molecule has 1 aliphatic carbocycles. The van der Waals surface area contributed by atoms with E-state index < -0.39 is 12.1 Å². The van der Waals surface area contributed by atoms with Gasteiger partial charge >= 0.3 is 11.9 Å². The second kappa shape index (κ2) is 6.00. The van der Waals surface area contributed by atoms with Crippen LogP contribution < -0.4 is 5.32 Å². The Balaban J connectivity index is 2.68. The highest BCUT2D eigenvalue weighted by molar-refractivity contribution is 5.80. The molecule has 0 aromatic heterocycles. The van der Waals surface area contributed by atoms with Gasteiger partial charge in [0.2, 0.25) is 0 Å². The van der Waals surface area contributed by atoms with Gasteiger partial charge in [0.1, 0.15) is 12.1 Å². The van der Waals surface area contributed by atoms with Crippen LogP contribution in [0, 0.1) is 11.8 Å². The van der Waals surface area contributed by atoms with Crippen molar-refractivity contribution in [2.24, 2.45) is 11.8 Å². The lowest BCUT2D eigenvalue weighted by Crippen LogP contribution is -2.51. The first kappa shape index (κ1) is 14.0. The Kier molecular flexibility index (Phi) is 4.93. The first-order valence-corrected chi connectivity index (χ1v) is 5.93. The van der Waals surface area contributed by atoms with Crippen LogP contribution in [0.2, 0.25) is 0 Å². The Morgan fingerprint density at radius 2 is 1.65 bits per heavy atom. The van der Waals surface area contributed by atoms with Crippen LogP contribution >= 0.6 is 0 Å². The number of hydrogen-bond acceptors (Lipinski definition) is 5. The SMILES string of the molecule is COC(=O)C(NC(C(=O)OC)C1CC1)C(C)C. The van der Waals surface area contributed by atoms with E-state index >= 15 is 0 Å². The van der Waals surface area contributed by atoms with Crippen LogP contribution in [-0.4, -0.2) is 38.2 Å². The second-order valence-electron chi connectivity index (χ2n) is 4.75. The first-order chi connectivity index (χ1) is 8.01. The molecule has 5 nitrogen and oxygen atoms in total. The maximum Gasteiger partial charge on any atom is 0.323 e. The molecule has 0 bridgehead atoms. The molecule has 5 heteroatoms. The molecule has 0 radical (unpaired) electrons. The fraction of sp³-hybridized carbons (Fsp3) is 0.833. The number of hydrogen-bond donors (Lipinski definition) is 1. The fourth-order valence-electron chi connectivity index (χ4n) is 1.81. The van der Waals surface area contributed by atoms with Crippen molar-refractivity contribution in [1.29, 1.82) is 0 Å². The molecule has 17 heavy (non-hydrogen) atoms. The van der Waals surface area contributed by atoms with Crippen molar-refractivity contribution in [3.8, 4) is 0 Å². The van der Waals surface area contributed by atoms with Crippen LogP contribution in [0.25, 0.3) is 0 Å². The molecular formula is C12H21NO4. The lowest BCUT2D eigenvalue weighted by molar-refractivity contribution is -0.147. The van der Waals surface area contributed by atoms with Gasteiger partial charge in [-0.25, -0.2) is 0 Å². The molecule has 0 aromatic rings. The molecule has 1 aliphatic rings. The maximum absolute atomic E-state index is 11.6. The average Bonchev–Trinajstić information content (AvgIpc) is 3.12. The number of ether oxygens (including phenoxy) is 2. The lowest BCUT2D eigenvalue weighted by Gasteiger charge is -2.24. The Bertz CT molecular complexity index is 266. The van der Waals surface area contributed by atoms with Gasteiger partial charge in [0.25, 0.3) is 0 Å². The zero-order valence-corrected chi connectivity index (χ0v) is 10.9. The Hall–Kier alpha value is -1.10. The minimum absolute atomic E-state index is 0.0633. The van der Waals surface area contributed by atoms with E-state index in [1.54, 1.807) is 0 Å². The lowest BCUT2D eigenvalue weighted by atomic mass is 10.0. The molecular weight excluding hydrogens is 222 g/mol. The highest BCUT2D eigenvalue weighted by Crippen LogP contribution is 2.33. The summed E-state index contributed by atoms with van der Waals surface area (Å²) in [5.41, 5.74) is 0. The molecule has 0 heterocycles. The zero-order valence-electron chi connectivity index (χ0n) is 10.9. The minimum Gasteiger partial charge on any atom is -0.468 e. The van der Waals surface area contributed by atoms with Gasteiger partial charge in [0.05, 0.1) is 14.2 Å². The second-order valence-corrected chi connectivity index (χ2v) is 4.75. The number of esters is 2. The molecule has 0 amide bonds. The average molecular weight is 243 g/mol. The van der Waals surface area contributed by atoms with Gasteiger partial charge in [0, 0.05) is 0 Å². The summed E-state index contributed by atoms with van der Waals surface area (Å²) < 4.78 is 9.49. The fourth-order valence-corrected chi connectivity index (χ4v) is 1.81. The zero-order chi connectivity index (χ0) is 13.0. The summed E-state index contributed by atoms with van der Waals surface area (Å²) in [6.07, 6.45) is 2.00. The van der Waals surface area contributed by atoms with E-state index in [-0.39, 0.29) is 23.8 Å². The van der Waals surface area contributed by atoms with E-state index in [1.165, 1.54) is 14.2 Å². The molecule has 0 aliphatic heterocycles. The molecule has 0 saturated heterocycles. The van der Waals surface area contributed by atoms with Crippen molar-refractivity contribution >= 4 is 11.9 Å². The quantitative estimate of drug-likeness (QED) is 0.697. The van der Waals surface area contributed by atoms with Crippen molar-refractivity contribution in [2.75, 3.05) is 14.2 Å². The summed E-state index contributed by atoms with van der Waals surface area (Å²) in [6, 6.07) is -0.865. The largest absolute Gasteiger partial charge is 0.468 e. The molecule has 0 aromatic carbocycles. The van der Waals surface area contributed by atoms with Gasteiger partial charge in [-0.3, -0.25) is 14.9 Å². The third-order valence-electron chi connectivity index (χ3n) is 3.03. The highest BCUT2D eigenvalue weighted by Gasteiger charge is 2.40. The number of carbonyl (C=O) groups excluding carboxylic acids is 2. The van der Waals surface area contributed by atoms with Crippen LogP contribution in [0.1, 0.15) is 26.7 Å². The van der Waals surface area contributed by atoms with Gasteiger partial charge in [-0.1, -0.05) is 13.8 Å². The van der Waals surface area contributed by atoms with Crippen molar-refractivity contribution < 1.29 is 19.1 Å². The summed E-state index contributed by atoms with van der Waals surface area (Å²) in [6.45, 7) is 3.83. The molecule has 1 saturated carbocycles. The summed E-state index contributed by atoms with van der Waals surface area (Å²) in [5.74, 6) is -0.293. The Morgan fingerprint density at radius 3 is 2.00 bits per heavy atom. The third-order valence-corrected chi connectivity index (χ3v) is 3.03. The van der Waals surface area contributed by atoms with Crippen LogP contribution in [0.15, 0.2) is 0 Å². The van der Waals surface area contributed by atoms with Gasteiger partial charge in [-0.05, 0) is 24.7 Å². The van der Waals surface area contributed by atoms with E-state index in [0.717, 1.165) is 12.8 Å². The van der Waals surface area contributed by atoms with Crippen LogP contribution in [0.4, 0.5) is 0 Å². The molecule has 0 spiro atoms. The Labute approximate surface area is 102 Å². The van der Waals surface area contributed by atoms with E-state index in [0.29, 0.717) is 0 Å². The van der Waals surface area contributed by atoms with Crippen LogP contribution in [-0.2, 0) is 19.1 Å². The third kappa shape index (κ3) is 3.70. The standard InChI is InChI=1S/C12H21NO4/c1-7(2)9(11(14)16-3)13-10(8-5-6-8)12(15)17-4/h7-10,13H,5-6H2,1-4H3. The monoisotopic (exact) mass is 243 g/mol. The van der Waals surface area contributed by atoms with Gasteiger partial charge in [-0.15, -0.1) is 0 Å². The molecule has 2 unspecified atom stereocenters. The van der Waals surface area contributed by atoms with Crippen molar-refractivity contribution in [1.82, 2.24) is 5.32 Å². The summed E-state index contributed by atoms with van der Waals surface area (Å²) >= 11 is 0. The van der Waals surface area contributed by atoms with E-state index in [2.05, 4.69) is 5.32 Å². The first-order valence-electron chi connectivity index (χ1n) is 5.93. The van der Waals surface area contributed by atoms with E-state index in [1.807, 2.05) is 13.8 Å². The summed E-state index contributed by atoms with van der Waals surface area (Å²) in [5, 5.41) is 3.07.